The minimum atomic E-state index is -4.28. The molecular formula is C6H12F3NO. The van der Waals surface area contributed by atoms with Crippen LogP contribution in [0.3, 0.4) is 0 Å². The van der Waals surface area contributed by atoms with Crippen LogP contribution in [-0.4, -0.2) is 32.5 Å². The van der Waals surface area contributed by atoms with Crippen LogP contribution < -0.4 is 5.32 Å². The van der Waals surface area contributed by atoms with Crippen LogP contribution in [-0.2, 0) is 4.74 Å². The van der Waals surface area contributed by atoms with Gasteiger partial charge in [0.1, 0.15) is 5.54 Å². The van der Waals surface area contributed by atoms with Crippen LogP contribution >= 0.6 is 0 Å². The number of hydrogen-bond acceptors (Lipinski definition) is 2. The van der Waals surface area contributed by atoms with Gasteiger partial charge < -0.3 is 10.1 Å². The molecule has 0 heterocycles. The minimum absolute atomic E-state index is 0.382. The first-order valence-electron chi connectivity index (χ1n) is 3.12. The monoisotopic (exact) mass is 171 g/mol. The Labute approximate surface area is 63.7 Å². The van der Waals surface area contributed by atoms with Crippen molar-refractivity contribution in [3.05, 3.63) is 0 Å². The average molecular weight is 171 g/mol. The van der Waals surface area contributed by atoms with Crippen molar-refractivity contribution >= 4 is 0 Å². The van der Waals surface area contributed by atoms with Gasteiger partial charge in [0, 0.05) is 7.11 Å². The molecule has 1 N–H and O–H groups in total. The molecule has 0 amide bonds. The number of rotatable bonds is 3. The van der Waals surface area contributed by atoms with Crippen LogP contribution in [0.2, 0.25) is 0 Å². The smallest absolute Gasteiger partial charge is 0.382 e. The van der Waals surface area contributed by atoms with Crippen molar-refractivity contribution in [3.8, 4) is 0 Å². The van der Waals surface area contributed by atoms with E-state index in [1.165, 1.54) is 14.2 Å². The fourth-order valence-corrected chi connectivity index (χ4v) is 0.584. The van der Waals surface area contributed by atoms with Gasteiger partial charge in [-0.25, -0.2) is 0 Å². The summed E-state index contributed by atoms with van der Waals surface area (Å²) < 4.78 is 40.9. The van der Waals surface area contributed by atoms with Crippen molar-refractivity contribution < 1.29 is 17.9 Å². The van der Waals surface area contributed by atoms with E-state index in [9.17, 15) is 13.2 Å². The minimum Gasteiger partial charge on any atom is -0.382 e. The number of methoxy groups -OCH3 is 1. The number of halogens is 3. The molecule has 0 aromatic carbocycles. The summed E-state index contributed by atoms with van der Waals surface area (Å²) in [4.78, 5) is 0. The normalized spacial score (nSPS) is 18.0. The zero-order chi connectivity index (χ0) is 9.12. The third kappa shape index (κ3) is 2.34. The molecule has 1 atom stereocenters. The standard InChI is InChI=1S/C6H12F3NO/c1-5(10-2,4-11-3)6(7,8)9/h10H,4H2,1-3H3. The molecule has 0 saturated carbocycles. The lowest BCUT2D eigenvalue weighted by Crippen LogP contribution is -2.56. The highest BCUT2D eigenvalue weighted by Crippen LogP contribution is 2.29. The van der Waals surface area contributed by atoms with E-state index in [2.05, 4.69) is 10.1 Å². The van der Waals surface area contributed by atoms with Gasteiger partial charge in [-0.05, 0) is 14.0 Å². The second-order valence-corrected chi connectivity index (χ2v) is 2.51. The Kier molecular flexibility index (Phi) is 3.31. The summed E-state index contributed by atoms with van der Waals surface area (Å²) in [6.45, 7) is 0.670. The molecule has 0 saturated heterocycles. The van der Waals surface area contributed by atoms with E-state index in [-0.39, 0.29) is 6.61 Å². The molecule has 0 aliphatic rings. The van der Waals surface area contributed by atoms with E-state index in [4.69, 9.17) is 0 Å². The van der Waals surface area contributed by atoms with Gasteiger partial charge in [0.25, 0.3) is 0 Å². The lowest BCUT2D eigenvalue weighted by atomic mass is 10.0. The highest BCUT2D eigenvalue weighted by atomic mass is 19.4. The Morgan fingerprint density at radius 1 is 1.36 bits per heavy atom. The van der Waals surface area contributed by atoms with Gasteiger partial charge in [-0.15, -0.1) is 0 Å². The number of hydrogen-bond donors (Lipinski definition) is 1. The third-order valence-electron chi connectivity index (χ3n) is 1.61. The maximum atomic E-state index is 12.1. The molecule has 0 aromatic rings. The van der Waals surface area contributed by atoms with Crippen molar-refractivity contribution in [2.45, 2.75) is 18.6 Å². The molecule has 0 aliphatic heterocycles. The fourth-order valence-electron chi connectivity index (χ4n) is 0.584. The SMILES string of the molecule is CNC(C)(COC)C(F)(F)F. The first-order chi connectivity index (χ1) is 4.87. The van der Waals surface area contributed by atoms with Crippen molar-refractivity contribution in [1.82, 2.24) is 5.32 Å². The van der Waals surface area contributed by atoms with Gasteiger partial charge in [0.15, 0.2) is 0 Å². The van der Waals surface area contributed by atoms with E-state index in [0.717, 1.165) is 6.92 Å². The summed E-state index contributed by atoms with van der Waals surface area (Å²) >= 11 is 0. The summed E-state index contributed by atoms with van der Waals surface area (Å²) in [7, 11) is 2.49. The molecule has 0 rings (SSSR count). The van der Waals surface area contributed by atoms with Crippen molar-refractivity contribution in [3.63, 3.8) is 0 Å². The molecule has 68 valence electrons. The number of ether oxygens (including phenoxy) is 1. The molecule has 0 bridgehead atoms. The molecule has 0 fully saturated rings. The highest BCUT2D eigenvalue weighted by molar-refractivity contribution is 4.89. The lowest BCUT2D eigenvalue weighted by Gasteiger charge is -2.30. The quantitative estimate of drug-likeness (QED) is 0.688. The van der Waals surface area contributed by atoms with Gasteiger partial charge in [-0.2, -0.15) is 13.2 Å². The van der Waals surface area contributed by atoms with Crippen LogP contribution in [0.25, 0.3) is 0 Å². The maximum absolute atomic E-state index is 12.1. The maximum Gasteiger partial charge on any atom is 0.408 e. The Morgan fingerprint density at radius 2 is 1.82 bits per heavy atom. The van der Waals surface area contributed by atoms with Gasteiger partial charge in [0.05, 0.1) is 6.61 Å². The summed E-state index contributed by atoms with van der Waals surface area (Å²) in [5.74, 6) is 0. The second kappa shape index (κ2) is 3.40. The predicted octanol–water partition coefficient (Wildman–Crippen LogP) is 1.17. The topological polar surface area (TPSA) is 21.3 Å². The van der Waals surface area contributed by atoms with Crippen LogP contribution in [0.5, 0.6) is 0 Å². The number of likely N-dealkylation sites (N-methyl/N-ethyl adjacent to an activating group) is 1. The molecule has 1 unspecified atom stereocenters. The third-order valence-corrected chi connectivity index (χ3v) is 1.61. The van der Waals surface area contributed by atoms with E-state index in [1.807, 2.05) is 0 Å². The van der Waals surface area contributed by atoms with Crippen molar-refractivity contribution in [2.24, 2.45) is 0 Å². The summed E-state index contributed by atoms with van der Waals surface area (Å²) in [6.07, 6.45) is -4.28. The highest BCUT2D eigenvalue weighted by Gasteiger charge is 2.50. The van der Waals surface area contributed by atoms with Gasteiger partial charge in [-0.1, -0.05) is 0 Å². The second-order valence-electron chi connectivity index (χ2n) is 2.51. The molecule has 2 nitrogen and oxygen atoms in total. The molecular weight excluding hydrogens is 159 g/mol. The van der Waals surface area contributed by atoms with Crippen LogP contribution in [0.4, 0.5) is 13.2 Å². The lowest BCUT2D eigenvalue weighted by molar-refractivity contribution is -0.201. The molecule has 0 radical (unpaired) electrons. The molecule has 0 spiro atoms. The largest absolute Gasteiger partial charge is 0.408 e. The summed E-state index contributed by atoms with van der Waals surface area (Å²) in [5, 5.41) is 2.17. The number of nitrogens with one attached hydrogen (secondary N) is 1. The van der Waals surface area contributed by atoms with Gasteiger partial charge >= 0.3 is 6.18 Å². The molecule has 11 heavy (non-hydrogen) atoms. The van der Waals surface area contributed by atoms with Crippen molar-refractivity contribution in [2.75, 3.05) is 20.8 Å². The van der Waals surface area contributed by atoms with Crippen LogP contribution in [0.15, 0.2) is 0 Å². The van der Waals surface area contributed by atoms with Gasteiger partial charge in [0.2, 0.25) is 0 Å². The van der Waals surface area contributed by atoms with E-state index in [0.29, 0.717) is 0 Å². The zero-order valence-corrected chi connectivity index (χ0v) is 6.75. The number of alkyl halides is 3. The average Bonchev–Trinajstić information content (AvgIpc) is 1.86. The first-order valence-corrected chi connectivity index (χ1v) is 3.12. The van der Waals surface area contributed by atoms with Gasteiger partial charge in [-0.3, -0.25) is 0 Å². The predicted molar refractivity (Wildman–Crippen MR) is 35.4 cm³/mol. The Morgan fingerprint density at radius 3 is 1.91 bits per heavy atom. The van der Waals surface area contributed by atoms with E-state index >= 15 is 0 Å². The van der Waals surface area contributed by atoms with E-state index < -0.39 is 11.7 Å². The first kappa shape index (κ1) is 10.7. The summed E-state index contributed by atoms with van der Waals surface area (Å²) in [5.41, 5.74) is -1.94. The Balaban J connectivity index is 4.33. The Hall–Kier alpha value is -0.290. The summed E-state index contributed by atoms with van der Waals surface area (Å²) in [6, 6.07) is 0. The zero-order valence-electron chi connectivity index (χ0n) is 6.75. The van der Waals surface area contributed by atoms with Crippen molar-refractivity contribution in [1.29, 1.82) is 0 Å². The molecule has 5 heteroatoms. The fraction of sp³-hybridized carbons (Fsp3) is 1.00. The molecule has 0 aliphatic carbocycles. The Bertz CT molecular complexity index is 125. The van der Waals surface area contributed by atoms with Crippen LogP contribution in [0, 0.1) is 0 Å². The molecule has 0 aromatic heterocycles. The van der Waals surface area contributed by atoms with E-state index in [1.54, 1.807) is 0 Å². The van der Waals surface area contributed by atoms with Crippen LogP contribution in [0.1, 0.15) is 6.92 Å².